The van der Waals surface area contributed by atoms with E-state index in [1.807, 2.05) is 59.4 Å². The van der Waals surface area contributed by atoms with Gasteiger partial charge >= 0.3 is 6.18 Å². The predicted octanol–water partition coefficient (Wildman–Crippen LogP) is 7.79. The van der Waals surface area contributed by atoms with E-state index in [1.165, 1.54) is 18.6 Å². The van der Waals surface area contributed by atoms with E-state index >= 15 is 0 Å². The number of carbonyl (C=O) groups is 1. The summed E-state index contributed by atoms with van der Waals surface area (Å²) in [5.74, 6) is 2.05. The molecule has 10 heteroatoms. The Bertz CT molecular complexity index is 1490. The van der Waals surface area contributed by atoms with Crippen molar-refractivity contribution in [1.29, 1.82) is 0 Å². The third-order valence-corrected chi connectivity index (χ3v) is 8.07. The van der Waals surface area contributed by atoms with Crippen molar-refractivity contribution < 1.29 is 18.0 Å². The molecule has 1 fully saturated rings. The summed E-state index contributed by atoms with van der Waals surface area (Å²) in [6.45, 7) is 0.128. The molecule has 2 N–H and O–H groups in total. The van der Waals surface area contributed by atoms with Crippen molar-refractivity contribution in [2.75, 3.05) is 5.32 Å². The summed E-state index contributed by atoms with van der Waals surface area (Å²) in [7, 11) is 0. The Labute approximate surface area is 254 Å². The number of alkyl halides is 3. The fourth-order valence-corrected chi connectivity index (χ4v) is 5.74. The van der Waals surface area contributed by atoms with Crippen LogP contribution in [0, 0.1) is 5.92 Å². The number of nitrogens with one attached hydrogen (secondary N) is 2. The molecule has 1 atom stereocenters. The quantitative estimate of drug-likeness (QED) is 0.182. The summed E-state index contributed by atoms with van der Waals surface area (Å²) in [5, 5.41) is 7.00. The molecule has 2 aromatic carbocycles. The number of carbonyl (C=O) groups excluding carboxylic acids is 1. The molecule has 226 valence electrons. The Kier molecular flexibility index (Phi) is 10.0. The lowest BCUT2D eigenvalue weighted by Gasteiger charge is -2.27. The van der Waals surface area contributed by atoms with Crippen LogP contribution in [0.4, 0.5) is 19.0 Å². The van der Waals surface area contributed by atoms with E-state index in [0.29, 0.717) is 53.2 Å². The lowest BCUT2D eigenvalue weighted by molar-refractivity contribution is -0.137. The highest BCUT2D eigenvalue weighted by atomic mass is 35.5. The molecular weight excluding hydrogens is 575 g/mol. The van der Waals surface area contributed by atoms with Gasteiger partial charge in [-0.05, 0) is 66.3 Å². The Morgan fingerprint density at radius 1 is 0.930 bits per heavy atom. The number of nitrogens with zero attached hydrogens (tertiary/aromatic N) is 3. The van der Waals surface area contributed by atoms with E-state index in [1.54, 1.807) is 0 Å². The van der Waals surface area contributed by atoms with E-state index in [0.717, 1.165) is 43.4 Å². The predicted molar refractivity (Wildman–Crippen MR) is 162 cm³/mol. The van der Waals surface area contributed by atoms with Gasteiger partial charge in [0.15, 0.2) is 0 Å². The summed E-state index contributed by atoms with van der Waals surface area (Å²) in [6, 6.07) is 17.7. The number of hydrogen-bond donors (Lipinski definition) is 2. The zero-order valence-electron chi connectivity index (χ0n) is 23.8. The maximum absolute atomic E-state index is 13.5. The second-order valence-electron chi connectivity index (χ2n) is 11.1. The summed E-state index contributed by atoms with van der Waals surface area (Å²) in [4.78, 5) is 23.1. The number of rotatable bonds is 11. The third-order valence-electron chi connectivity index (χ3n) is 7.83. The summed E-state index contributed by atoms with van der Waals surface area (Å²) in [5.41, 5.74) is 0.959. The van der Waals surface area contributed by atoms with Crippen LogP contribution >= 0.6 is 11.6 Å². The highest BCUT2D eigenvalue weighted by molar-refractivity contribution is 6.30. The van der Waals surface area contributed by atoms with Crippen LogP contribution in [-0.4, -0.2) is 26.5 Å². The van der Waals surface area contributed by atoms with Crippen molar-refractivity contribution in [1.82, 2.24) is 19.9 Å². The standard InChI is InChI=1S/C33H35ClF3N5O/c34-27-10-6-9-24(19-27)13-16-29-40-30(21-31(41-29)42-17-4-5-18-42)39-28(20-23-7-2-1-3-8-23)32(43)38-22-25-11-14-26(15-12-25)33(35,36)37/h4-6,9-12,14-15,17-19,21,23,28H,1-3,7-8,13,16,20,22H2,(H,38,43)(H,39,40,41)/t28-/m1/s1. The number of aromatic nitrogens is 3. The van der Waals surface area contributed by atoms with Crippen LogP contribution in [0.2, 0.25) is 5.02 Å². The topological polar surface area (TPSA) is 71.8 Å². The van der Waals surface area contributed by atoms with Gasteiger partial charge in [-0.15, -0.1) is 0 Å². The van der Waals surface area contributed by atoms with Crippen LogP contribution < -0.4 is 10.6 Å². The molecular formula is C33H35ClF3N5O. The van der Waals surface area contributed by atoms with Crippen molar-refractivity contribution in [3.05, 3.63) is 107 Å². The van der Waals surface area contributed by atoms with Gasteiger partial charge in [0.25, 0.3) is 0 Å². The molecule has 43 heavy (non-hydrogen) atoms. The number of benzene rings is 2. The van der Waals surface area contributed by atoms with Crippen molar-refractivity contribution in [3.8, 4) is 5.82 Å². The van der Waals surface area contributed by atoms with Crippen molar-refractivity contribution in [2.24, 2.45) is 5.92 Å². The Morgan fingerprint density at radius 2 is 1.67 bits per heavy atom. The SMILES string of the molecule is O=C(NCc1ccc(C(F)(F)F)cc1)[C@@H](CC1CCCCC1)Nc1cc(-n2cccc2)nc(CCc2cccc(Cl)c2)n1. The van der Waals surface area contributed by atoms with E-state index in [-0.39, 0.29) is 12.5 Å². The highest BCUT2D eigenvalue weighted by Gasteiger charge is 2.30. The number of aryl methyl sites for hydroxylation is 2. The molecule has 0 bridgehead atoms. The van der Waals surface area contributed by atoms with Crippen LogP contribution in [0.5, 0.6) is 0 Å². The molecule has 1 aliphatic carbocycles. The second kappa shape index (κ2) is 14.1. The molecule has 1 amide bonds. The van der Waals surface area contributed by atoms with Gasteiger partial charge in [-0.1, -0.05) is 68.0 Å². The molecule has 1 aliphatic rings. The molecule has 0 radical (unpaired) electrons. The molecule has 4 aromatic rings. The van der Waals surface area contributed by atoms with Crippen molar-refractivity contribution in [2.45, 2.75) is 70.1 Å². The highest BCUT2D eigenvalue weighted by Crippen LogP contribution is 2.30. The lowest BCUT2D eigenvalue weighted by atomic mass is 9.84. The van der Waals surface area contributed by atoms with Crippen LogP contribution in [0.25, 0.3) is 5.82 Å². The lowest BCUT2D eigenvalue weighted by Crippen LogP contribution is -2.41. The Morgan fingerprint density at radius 3 is 2.37 bits per heavy atom. The van der Waals surface area contributed by atoms with Gasteiger partial charge in [-0.25, -0.2) is 9.97 Å². The van der Waals surface area contributed by atoms with Gasteiger partial charge < -0.3 is 15.2 Å². The van der Waals surface area contributed by atoms with E-state index in [4.69, 9.17) is 21.6 Å². The van der Waals surface area contributed by atoms with Gasteiger partial charge in [-0.3, -0.25) is 4.79 Å². The Balaban J connectivity index is 1.34. The minimum absolute atomic E-state index is 0.128. The van der Waals surface area contributed by atoms with Gasteiger partial charge in [0.05, 0.1) is 5.56 Å². The fourth-order valence-electron chi connectivity index (χ4n) is 5.53. The minimum Gasteiger partial charge on any atom is -0.358 e. The first-order chi connectivity index (χ1) is 20.7. The first kappa shape index (κ1) is 30.6. The third kappa shape index (κ3) is 8.83. The van der Waals surface area contributed by atoms with Gasteiger partial charge in [0.2, 0.25) is 5.91 Å². The number of hydrogen-bond acceptors (Lipinski definition) is 4. The largest absolute Gasteiger partial charge is 0.416 e. The van der Waals surface area contributed by atoms with Crippen LogP contribution in [0.3, 0.4) is 0 Å². The van der Waals surface area contributed by atoms with Gasteiger partial charge in [0.1, 0.15) is 23.5 Å². The van der Waals surface area contributed by atoms with E-state index in [2.05, 4.69) is 10.6 Å². The number of amides is 1. The van der Waals surface area contributed by atoms with Crippen molar-refractivity contribution in [3.63, 3.8) is 0 Å². The molecule has 0 unspecified atom stereocenters. The Hall–Kier alpha value is -3.85. The molecule has 0 spiro atoms. The number of anilines is 1. The first-order valence-electron chi connectivity index (χ1n) is 14.7. The maximum Gasteiger partial charge on any atom is 0.416 e. The normalized spacial score (nSPS) is 14.8. The fraction of sp³-hybridized carbons (Fsp3) is 0.364. The molecule has 6 nitrogen and oxygen atoms in total. The van der Waals surface area contributed by atoms with Gasteiger partial charge in [-0.2, -0.15) is 13.2 Å². The van der Waals surface area contributed by atoms with Gasteiger partial charge in [0, 0.05) is 36.4 Å². The molecule has 1 saturated carbocycles. The second-order valence-corrected chi connectivity index (χ2v) is 11.5. The summed E-state index contributed by atoms with van der Waals surface area (Å²) >= 11 is 6.17. The van der Waals surface area contributed by atoms with E-state index in [9.17, 15) is 18.0 Å². The first-order valence-corrected chi connectivity index (χ1v) is 15.1. The number of halogens is 4. The van der Waals surface area contributed by atoms with Crippen molar-refractivity contribution >= 4 is 23.3 Å². The minimum atomic E-state index is -4.40. The molecule has 2 heterocycles. The smallest absolute Gasteiger partial charge is 0.358 e. The summed E-state index contributed by atoms with van der Waals surface area (Å²) < 4.78 is 40.8. The zero-order valence-corrected chi connectivity index (χ0v) is 24.5. The zero-order chi connectivity index (χ0) is 30.2. The average molecular weight is 610 g/mol. The molecule has 5 rings (SSSR count). The molecule has 0 saturated heterocycles. The van der Waals surface area contributed by atoms with Crippen LogP contribution in [0.1, 0.15) is 61.0 Å². The molecule has 0 aliphatic heterocycles. The monoisotopic (exact) mass is 609 g/mol. The average Bonchev–Trinajstić information content (AvgIpc) is 3.54. The van der Waals surface area contributed by atoms with Crippen LogP contribution in [-0.2, 0) is 30.4 Å². The van der Waals surface area contributed by atoms with E-state index < -0.39 is 17.8 Å². The molecule has 2 aromatic heterocycles. The summed E-state index contributed by atoms with van der Waals surface area (Å²) in [6.07, 6.45) is 6.95. The maximum atomic E-state index is 13.5. The van der Waals surface area contributed by atoms with Crippen LogP contribution in [0.15, 0.2) is 79.1 Å².